The van der Waals surface area contributed by atoms with Crippen LogP contribution >= 0.6 is 0 Å². The smallest absolute Gasteiger partial charge is 0.251 e. The molecule has 1 saturated heterocycles. The highest BCUT2D eigenvalue weighted by Crippen LogP contribution is 2.29. The number of nitriles is 1. The van der Waals surface area contributed by atoms with Crippen molar-refractivity contribution in [1.29, 1.82) is 5.26 Å². The second-order valence-electron chi connectivity index (χ2n) is 6.38. The van der Waals surface area contributed by atoms with E-state index in [9.17, 15) is 4.79 Å². The number of hydrogen-bond acceptors (Lipinski definition) is 5. The van der Waals surface area contributed by atoms with Crippen LogP contribution in [0.1, 0.15) is 50.6 Å². The molecule has 23 heavy (non-hydrogen) atoms. The number of aromatic nitrogens is 2. The Labute approximate surface area is 136 Å². The lowest BCUT2D eigenvalue weighted by atomic mass is 10.0. The standard InChI is InChI=1S/C17H22N4O2/c18-11-15-17(20-9-8-19-15)23-14-7-10-21(12-14)16(22)6-5-13-3-1-2-4-13/h8-9,13-14H,1-7,10,12H2. The highest BCUT2D eigenvalue weighted by atomic mass is 16.5. The van der Waals surface area contributed by atoms with Crippen LogP contribution in [0.15, 0.2) is 12.4 Å². The largest absolute Gasteiger partial charge is 0.470 e. The summed E-state index contributed by atoms with van der Waals surface area (Å²) < 4.78 is 5.77. The first-order valence-corrected chi connectivity index (χ1v) is 8.42. The molecule has 1 aromatic heterocycles. The minimum absolute atomic E-state index is 0.103. The Morgan fingerprint density at radius 3 is 2.87 bits per heavy atom. The number of carbonyl (C=O) groups excluding carboxylic acids is 1. The van der Waals surface area contributed by atoms with Crippen LogP contribution < -0.4 is 4.74 Å². The Balaban J connectivity index is 1.48. The summed E-state index contributed by atoms with van der Waals surface area (Å²) in [6.45, 7) is 1.29. The van der Waals surface area contributed by atoms with Gasteiger partial charge in [0.05, 0.1) is 6.54 Å². The van der Waals surface area contributed by atoms with Gasteiger partial charge < -0.3 is 9.64 Å². The van der Waals surface area contributed by atoms with Gasteiger partial charge in [-0.1, -0.05) is 25.7 Å². The van der Waals surface area contributed by atoms with Crippen LogP contribution in [-0.4, -0.2) is 40.0 Å². The fourth-order valence-electron chi connectivity index (χ4n) is 3.48. The highest BCUT2D eigenvalue weighted by molar-refractivity contribution is 5.76. The maximum Gasteiger partial charge on any atom is 0.251 e. The molecule has 2 fully saturated rings. The minimum Gasteiger partial charge on any atom is -0.470 e. The van der Waals surface area contributed by atoms with E-state index < -0.39 is 0 Å². The van der Waals surface area contributed by atoms with Crippen LogP contribution in [0.4, 0.5) is 0 Å². The fraction of sp³-hybridized carbons (Fsp3) is 0.647. The van der Waals surface area contributed by atoms with Crippen molar-refractivity contribution in [1.82, 2.24) is 14.9 Å². The zero-order chi connectivity index (χ0) is 16.1. The molecule has 0 spiro atoms. The first kappa shape index (κ1) is 15.7. The summed E-state index contributed by atoms with van der Waals surface area (Å²) >= 11 is 0. The zero-order valence-corrected chi connectivity index (χ0v) is 13.3. The Morgan fingerprint density at radius 1 is 1.30 bits per heavy atom. The molecule has 1 unspecified atom stereocenters. The summed E-state index contributed by atoms with van der Waals surface area (Å²) in [6, 6.07) is 1.98. The summed E-state index contributed by atoms with van der Waals surface area (Å²) in [5, 5.41) is 9.01. The van der Waals surface area contributed by atoms with E-state index in [0.29, 0.717) is 13.0 Å². The molecule has 0 aromatic carbocycles. The van der Waals surface area contributed by atoms with Gasteiger partial charge in [-0.2, -0.15) is 5.26 Å². The number of ether oxygens (including phenoxy) is 1. The van der Waals surface area contributed by atoms with Crippen LogP contribution in [0.5, 0.6) is 5.88 Å². The van der Waals surface area contributed by atoms with E-state index in [1.54, 1.807) is 0 Å². The first-order chi connectivity index (χ1) is 11.3. The topological polar surface area (TPSA) is 79.1 Å². The van der Waals surface area contributed by atoms with Gasteiger partial charge in [-0.25, -0.2) is 9.97 Å². The van der Waals surface area contributed by atoms with Gasteiger partial charge in [0, 0.05) is 31.8 Å². The number of hydrogen-bond donors (Lipinski definition) is 0. The molecular weight excluding hydrogens is 292 g/mol. The van der Waals surface area contributed by atoms with Crippen molar-refractivity contribution in [2.24, 2.45) is 5.92 Å². The molecule has 0 N–H and O–H groups in total. The van der Waals surface area contributed by atoms with Crippen LogP contribution in [0.3, 0.4) is 0 Å². The Kier molecular flexibility index (Phi) is 5.06. The molecule has 1 aliphatic heterocycles. The normalized spacial score (nSPS) is 21.3. The number of likely N-dealkylation sites (tertiary alicyclic amines) is 1. The molecule has 0 bridgehead atoms. The molecule has 1 saturated carbocycles. The maximum absolute atomic E-state index is 12.3. The lowest BCUT2D eigenvalue weighted by molar-refractivity contribution is -0.130. The number of carbonyl (C=O) groups is 1. The van der Waals surface area contributed by atoms with Gasteiger partial charge in [0.25, 0.3) is 5.88 Å². The van der Waals surface area contributed by atoms with Gasteiger partial charge in [0.2, 0.25) is 11.6 Å². The van der Waals surface area contributed by atoms with Gasteiger partial charge in [-0.3, -0.25) is 4.79 Å². The lowest BCUT2D eigenvalue weighted by Gasteiger charge is -2.18. The van der Waals surface area contributed by atoms with E-state index in [4.69, 9.17) is 10.00 Å². The van der Waals surface area contributed by atoms with E-state index in [2.05, 4.69) is 9.97 Å². The molecular formula is C17H22N4O2. The third-order valence-electron chi connectivity index (χ3n) is 4.79. The van der Waals surface area contributed by atoms with E-state index in [1.165, 1.54) is 38.1 Å². The lowest BCUT2D eigenvalue weighted by Crippen LogP contribution is -2.31. The minimum atomic E-state index is -0.103. The average Bonchev–Trinajstić information content (AvgIpc) is 3.25. The summed E-state index contributed by atoms with van der Waals surface area (Å²) in [5.41, 5.74) is 0.193. The summed E-state index contributed by atoms with van der Waals surface area (Å²) in [4.78, 5) is 22.2. The van der Waals surface area contributed by atoms with E-state index in [-0.39, 0.29) is 23.6 Å². The molecule has 1 aliphatic carbocycles. The number of rotatable bonds is 5. The second kappa shape index (κ2) is 7.40. The number of nitrogens with zero attached hydrogens (tertiary/aromatic N) is 4. The molecule has 1 atom stereocenters. The molecule has 1 aromatic rings. The summed E-state index contributed by atoms with van der Waals surface area (Å²) in [6.07, 6.45) is 10.5. The van der Waals surface area contributed by atoms with Gasteiger partial charge in [0.1, 0.15) is 12.2 Å². The number of amides is 1. The molecule has 2 heterocycles. The first-order valence-electron chi connectivity index (χ1n) is 8.42. The van der Waals surface area contributed by atoms with Gasteiger partial charge in [-0.05, 0) is 12.3 Å². The van der Waals surface area contributed by atoms with Crippen molar-refractivity contribution in [3.05, 3.63) is 18.1 Å². The molecule has 6 heteroatoms. The Bertz CT molecular complexity index is 593. The van der Waals surface area contributed by atoms with Crippen molar-refractivity contribution < 1.29 is 9.53 Å². The van der Waals surface area contributed by atoms with Crippen molar-refractivity contribution in [2.45, 2.75) is 51.0 Å². The fourth-order valence-corrected chi connectivity index (χ4v) is 3.48. The van der Waals surface area contributed by atoms with Crippen LogP contribution in [0.2, 0.25) is 0 Å². The Morgan fingerprint density at radius 2 is 2.09 bits per heavy atom. The van der Waals surface area contributed by atoms with Crippen molar-refractivity contribution in [3.8, 4) is 11.9 Å². The van der Waals surface area contributed by atoms with E-state index in [0.717, 1.165) is 25.3 Å². The highest BCUT2D eigenvalue weighted by Gasteiger charge is 2.29. The molecule has 2 aliphatic rings. The molecule has 1 amide bonds. The predicted molar refractivity (Wildman–Crippen MR) is 83.6 cm³/mol. The van der Waals surface area contributed by atoms with Gasteiger partial charge in [-0.15, -0.1) is 0 Å². The maximum atomic E-state index is 12.3. The monoisotopic (exact) mass is 314 g/mol. The van der Waals surface area contributed by atoms with E-state index in [1.807, 2.05) is 11.0 Å². The van der Waals surface area contributed by atoms with Crippen molar-refractivity contribution in [2.75, 3.05) is 13.1 Å². The van der Waals surface area contributed by atoms with E-state index >= 15 is 0 Å². The average molecular weight is 314 g/mol. The van der Waals surface area contributed by atoms with Crippen LogP contribution in [0.25, 0.3) is 0 Å². The molecule has 122 valence electrons. The van der Waals surface area contributed by atoms with Crippen LogP contribution in [0, 0.1) is 17.2 Å². The predicted octanol–water partition coefficient (Wildman–Crippen LogP) is 2.30. The molecule has 3 rings (SSSR count). The second-order valence-corrected chi connectivity index (χ2v) is 6.38. The summed E-state index contributed by atoms with van der Waals surface area (Å²) in [5.74, 6) is 1.23. The SMILES string of the molecule is N#Cc1nccnc1OC1CCN(C(=O)CCC2CCCC2)C1. The molecule has 0 radical (unpaired) electrons. The van der Waals surface area contributed by atoms with Gasteiger partial charge in [0.15, 0.2) is 0 Å². The Hall–Kier alpha value is -2.16. The van der Waals surface area contributed by atoms with Crippen molar-refractivity contribution >= 4 is 5.91 Å². The van der Waals surface area contributed by atoms with Gasteiger partial charge >= 0.3 is 0 Å². The van der Waals surface area contributed by atoms with Crippen molar-refractivity contribution in [3.63, 3.8) is 0 Å². The quantitative estimate of drug-likeness (QED) is 0.833. The molecule has 6 nitrogen and oxygen atoms in total. The summed E-state index contributed by atoms with van der Waals surface area (Å²) in [7, 11) is 0. The third kappa shape index (κ3) is 3.98. The third-order valence-corrected chi connectivity index (χ3v) is 4.79. The zero-order valence-electron chi connectivity index (χ0n) is 13.3. The van der Waals surface area contributed by atoms with Crippen LogP contribution in [-0.2, 0) is 4.79 Å².